The van der Waals surface area contributed by atoms with Crippen LogP contribution < -0.4 is 10.1 Å². The first-order chi connectivity index (χ1) is 10.3. The van der Waals surface area contributed by atoms with E-state index < -0.39 is 6.10 Å². The van der Waals surface area contributed by atoms with Crippen LogP contribution in [0.2, 0.25) is 0 Å². The molecule has 0 aliphatic carbocycles. The molecule has 1 aromatic carbocycles. The second-order valence-electron chi connectivity index (χ2n) is 6.48. The lowest BCUT2D eigenvalue weighted by molar-refractivity contribution is -0.122. The van der Waals surface area contributed by atoms with Crippen molar-refractivity contribution in [3.63, 3.8) is 0 Å². The van der Waals surface area contributed by atoms with Gasteiger partial charge in [-0.1, -0.05) is 32.9 Å². The molecule has 4 nitrogen and oxygen atoms in total. The minimum absolute atomic E-state index is 0.0187. The van der Waals surface area contributed by atoms with Crippen LogP contribution >= 0.6 is 0 Å². The van der Waals surface area contributed by atoms with Crippen molar-refractivity contribution in [2.75, 3.05) is 6.54 Å². The maximum absolute atomic E-state index is 11.9. The molecular weight excluding hydrogens is 278 g/mol. The maximum atomic E-state index is 11.9. The Morgan fingerprint density at radius 3 is 2.50 bits per heavy atom. The molecule has 0 heterocycles. The van der Waals surface area contributed by atoms with Crippen LogP contribution in [0.1, 0.15) is 52.7 Å². The van der Waals surface area contributed by atoms with Gasteiger partial charge in [-0.05, 0) is 43.4 Å². The maximum Gasteiger partial charge on any atom is 0.220 e. The van der Waals surface area contributed by atoms with Gasteiger partial charge in [0.2, 0.25) is 5.91 Å². The predicted molar refractivity (Wildman–Crippen MR) is 88.8 cm³/mol. The van der Waals surface area contributed by atoms with Gasteiger partial charge in [-0.2, -0.15) is 0 Å². The van der Waals surface area contributed by atoms with Crippen LogP contribution in [-0.4, -0.2) is 23.7 Å². The molecule has 1 amide bonds. The summed E-state index contributed by atoms with van der Waals surface area (Å²) in [5.41, 5.74) is 0.746. The zero-order valence-electron chi connectivity index (χ0n) is 14.3. The number of carbonyl (C=O) groups excluding carboxylic acids is 1. The van der Waals surface area contributed by atoms with Crippen LogP contribution in [0, 0.1) is 11.8 Å². The van der Waals surface area contributed by atoms with E-state index in [9.17, 15) is 9.90 Å². The molecule has 0 aromatic heterocycles. The Morgan fingerprint density at radius 1 is 1.23 bits per heavy atom. The minimum Gasteiger partial charge on any atom is -0.491 e. The van der Waals surface area contributed by atoms with Gasteiger partial charge in [0.05, 0.1) is 12.2 Å². The largest absolute Gasteiger partial charge is 0.491 e. The van der Waals surface area contributed by atoms with Crippen LogP contribution in [0.5, 0.6) is 5.75 Å². The van der Waals surface area contributed by atoms with Crippen molar-refractivity contribution < 1.29 is 14.6 Å². The average molecular weight is 307 g/mol. The van der Waals surface area contributed by atoms with E-state index in [1.807, 2.05) is 38.1 Å². The molecule has 1 aromatic rings. The molecule has 4 heteroatoms. The van der Waals surface area contributed by atoms with E-state index in [2.05, 4.69) is 26.1 Å². The van der Waals surface area contributed by atoms with E-state index in [1.54, 1.807) is 0 Å². The lowest BCUT2D eigenvalue weighted by Gasteiger charge is -2.17. The normalized spacial score (nSPS) is 14.0. The zero-order chi connectivity index (χ0) is 16.7. The van der Waals surface area contributed by atoms with Gasteiger partial charge in [0, 0.05) is 13.0 Å². The Bertz CT molecular complexity index is 471. The monoisotopic (exact) mass is 307 g/mol. The highest BCUT2D eigenvalue weighted by Gasteiger charge is 2.14. The smallest absolute Gasteiger partial charge is 0.220 e. The fourth-order valence-corrected chi connectivity index (χ4v) is 2.00. The quantitative estimate of drug-likeness (QED) is 0.774. The highest BCUT2D eigenvalue weighted by molar-refractivity contribution is 5.76. The summed E-state index contributed by atoms with van der Waals surface area (Å²) < 4.78 is 5.61. The molecule has 0 saturated heterocycles. The summed E-state index contributed by atoms with van der Waals surface area (Å²) >= 11 is 0. The van der Waals surface area contributed by atoms with Gasteiger partial charge in [0.1, 0.15) is 5.75 Å². The van der Waals surface area contributed by atoms with E-state index in [4.69, 9.17) is 4.74 Å². The Labute approximate surface area is 133 Å². The number of aliphatic hydroxyl groups is 1. The third-order valence-electron chi connectivity index (χ3n) is 3.75. The van der Waals surface area contributed by atoms with Crippen molar-refractivity contribution in [2.24, 2.45) is 11.8 Å². The highest BCUT2D eigenvalue weighted by Crippen LogP contribution is 2.20. The van der Waals surface area contributed by atoms with Crippen molar-refractivity contribution in [1.29, 1.82) is 0 Å². The van der Waals surface area contributed by atoms with Crippen molar-refractivity contribution in [1.82, 2.24) is 5.32 Å². The van der Waals surface area contributed by atoms with E-state index >= 15 is 0 Å². The van der Waals surface area contributed by atoms with Crippen LogP contribution in [0.3, 0.4) is 0 Å². The van der Waals surface area contributed by atoms with Gasteiger partial charge in [0.15, 0.2) is 0 Å². The second-order valence-corrected chi connectivity index (χ2v) is 6.48. The standard InChI is InChI=1S/C18H29NO3/c1-12(2)14(5)9-18(21)19-11-17(20)15-7-6-8-16(10-15)22-13(3)4/h6-8,10,12-14,17,20H,9,11H2,1-5H3,(H,19,21). The number of carbonyl (C=O) groups is 1. The van der Waals surface area contributed by atoms with Crippen molar-refractivity contribution >= 4 is 5.91 Å². The summed E-state index contributed by atoms with van der Waals surface area (Å²) in [6.45, 7) is 10.4. The SMILES string of the molecule is CC(C)Oc1cccc(C(O)CNC(=O)CC(C)C(C)C)c1. The molecule has 0 spiro atoms. The van der Waals surface area contributed by atoms with Gasteiger partial charge >= 0.3 is 0 Å². The lowest BCUT2D eigenvalue weighted by Crippen LogP contribution is -2.30. The fourth-order valence-electron chi connectivity index (χ4n) is 2.00. The highest BCUT2D eigenvalue weighted by atomic mass is 16.5. The van der Waals surface area contributed by atoms with Gasteiger partial charge in [-0.3, -0.25) is 4.79 Å². The molecule has 0 bridgehead atoms. The number of nitrogens with one attached hydrogen (secondary N) is 1. The van der Waals surface area contributed by atoms with Crippen LogP contribution in [0.4, 0.5) is 0 Å². The minimum atomic E-state index is -0.728. The topological polar surface area (TPSA) is 58.6 Å². The average Bonchev–Trinajstić information content (AvgIpc) is 2.44. The second kappa shape index (κ2) is 8.79. The molecule has 2 atom stereocenters. The Hall–Kier alpha value is -1.55. The van der Waals surface area contributed by atoms with Crippen molar-refractivity contribution in [2.45, 2.75) is 53.2 Å². The summed E-state index contributed by atoms with van der Waals surface area (Å²) in [6.07, 6.45) is -0.153. The molecule has 0 radical (unpaired) electrons. The molecule has 0 aliphatic heterocycles. The number of rotatable bonds is 8. The van der Waals surface area contributed by atoms with E-state index in [-0.39, 0.29) is 18.6 Å². The summed E-state index contributed by atoms with van der Waals surface area (Å²) in [5.74, 6) is 1.52. The molecular formula is C18H29NO3. The Morgan fingerprint density at radius 2 is 1.91 bits per heavy atom. The summed E-state index contributed by atoms with van der Waals surface area (Å²) in [7, 11) is 0. The first kappa shape index (κ1) is 18.5. The van der Waals surface area contributed by atoms with Gasteiger partial charge < -0.3 is 15.2 Å². The lowest BCUT2D eigenvalue weighted by atomic mass is 9.94. The Kier molecular flexibility index (Phi) is 7.39. The first-order valence-electron chi connectivity index (χ1n) is 8.01. The van der Waals surface area contributed by atoms with Gasteiger partial charge in [0.25, 0.3) is 0 Å². The molecule has 2 N–H and O–H groups in total. The number of aliphatic hydroxyl groups excluding tert-OH is 1. The van der Waals surface area contributed by atoms with Crippen LogP contribution in [0.25, 0.3) is 0 Å². The fraction of sp³-hybridized carbons (Fsp3) is 0.611. The predicted octanol–water partition coefficient (Wildman–Crippen LogP) is 3.31. The molecule has 0 aliphatic rings. The third-order valence-corrected chi connectivity index (χ3v) is 3.75. The van der Waals surface area contributed by atoms with Crippen molar-refractivity contribution in [3.8, 4) is 5.75 Å². The van der Waals surface area contributed by atoms with E-state index in [0.29, 0.717) is 18.3 Å². The molecule has 124 valence electrons. The molecule has 0 saturated carbocycles. The van der Waals surface area contributed by atoms with Gasteiger partial charge in [-0.25, -0.2) is 0 Å². The van der Waals surface area contributed by atoms with Crippen LogP contribution in [-0.2, 0) is 4.79 Å². The summed E-state index contributed by atoms with van der Waals surface area (Å²) in [5, 5.41) is 13.0. The number of benzene rings is 1. The molecule has 2 unspecified atom stereocenters. The summed E-state index contributed by atoms with van der Waals surface area (Å²) in [6, 6.07) is 7.35. The van der Waals surface area contributed by atoms with Crippen LogP contribution in [0.15, 0.2) is 24.3 Å². The van der Waals surface area contributed by atoms with E-state index in [1.165, 1.54) is 0 Å². The first-order valence-corrected chi connectivity index (χ1v) is 8.01. The molecule has 22 heavy (non-hydrogen) atoms. The van der Waals surface area contributed by atoms with Gasteiger partial charge in [-0.15, -0.1) is 0 Å². The number of ether oxygens (including phenoxy) is 1. The molecule has 1 rings (SSSR count). The zero-order valence-corrected chi connectivity index (χ0v) is 14.3. The Balaban J connectivity index is 2.51. The number of hydrogen-bond donors (Lipinski definition) is 2. The molecule has 0 fully saturated rings. The third kappa shape index (κ3) is 6.48. The summed E-state index contributed by atoms with van der Waals surface area (Å²) in [4.78, 5) is 11.9. The van der Waals surface area contributed by atoms with E-state index in [0.717, 1.165) is 11.3 Å². The van der Waals surface area contributed by atoms with Crippen molar-refractivity contribution in [3.05, 3.63) is 29.8 Å². The number of hydrogen-bond acceptors (Lipinski definition) is 3. The number of amides is 1.